The summed E-state index contributed by atoms with van der Waals surface area (Å²) in [4.78, 5) is 1.99. The summed E-state index contributed by atoms with van der Waals surface area (Å²) in [5, 5.41) is 39.4. The van der Waals surface area contributed by atoms with Crippen LogP contribution in [0.1, 0.15) is 39.5 Å². The van der Waals surface area contributed by atoms with E-state index in [2.05, 4.69) is 13.8 Å². The van der Waals surface area contributed by atoms with Crippen molar-refractivity contribution in [3.63, 3.8) is 0 Å². The number of hydrogen-bond acceptors (Lipinski definition) is 6. The van der Waals surface area contributed by atoms with Crippen LogP contribution in [0.15, 0.2) is 0 Å². The highest BCUT2D eigenvalue weighted by Gasteiger charge is 2.45. The van der Waals surface area contributed by atoms with Crippen molar-refractivity contribution in [1.82, 2.24) is 4.90 Å². The summed E-state index contributed by atoms with van der Waals surface area (Å²) in [7, 11) is 0. The van der Waals surface area contributed by atoms with Gasteiger partial charge in [0.25, 0.3) is 0 Å². The van der Waals surface area contributed by atoms with E-state index in [0.717, 1.165) is 38.8 Å². The molecule has 1 fully saturated rings. The van der Waals surface area contributed by atoms with Crippen molar-refractivity contribution in [3.8, 4) is 0 Å². The number of nitrogens with zero attached hydrogens (tertiary/aromatic N) is 1. The first-order valence-electron chi connectivity index (χ1n) is 7.61. The zero-order valence-corrected chi connectivity index (χ0v) is 12.5. The Labute approximate surface area is 121 Å². The summed E-state index contributed by atoms with van der Waals surface area (Å²) < 4.78 is 5.23. The molecule has 6 heteroatoms. The molecule has 0 aliphatic carbocycles. The van der Waals surface area contributed by atoms with Crippen molar-refractivity contribution in [2.45, 2.75) is 70.2 Å². The molecular formula is C14H29NO5. The Hall–Kier alpha value is -0.240. The van der Waals surface area contributed by atoms with Crippen molar-refractivity contribution < 1.29 is 25.2 Å². The molecule has 1 heterocycles. The molecule has 4 N–H and O–H groups in total. The first-order chi connectivity index (χ1) is 9.56. The zero-order chi connectivity index (χ0) is 15.1. The van der Waals surface area contributed by atoms with Crippen LogP contribution in [0.4, 0.5) is 0 Å². The van der Waals surface area contributed by atoms with Gasteiger partial charge in [-0.2, -0.15) is 0 Å². The van der Waals surface area contributed by atoms with Gasteiger partial charge in [0.2, 0.25) is 0 Å². The van der Waals surface area contributed by atoms with Gasteiger partial charge < -0.3 is 25.2 Å². The molecule has 1 rings (SSSR count). The molecule has 0 aromatic heterocycles. The van der Waals surface area contributed by atoms with Gasteiger partial charge in [-0.25, -0.2) is 0 Å². The average molecular weight is 291 g/mol. The van der Waals surface area contributed by atoms with Crippen LogP contribution >= 0.6 is 0 Å². The number of aliphatic hydroxyl groups is 4. The van der Waals surface area contributed by atoms with Gasteiger partial charge in [-0.3, -0.25) is 4.90 Å². The van der Waals surface area contributed by atoms with Gasteiger partial charge >= 0.3 is 0 Å². The summed E-state index contributed by atoms with van der Waals surface area (Å²) in [5.74, 6) is 0. The average Bonchev–Trinajstić information content (AvgIpc) is 2.45. The fourth-order valence-corrected chi connectivity index (χ4v) is 2.61. The smallest absolute Gasteiger partial charge is 0.173 e. The Bertz CT molecular complexity index is 258. The van der Waals surface area contributed by atoms with Crippen LogP contribution in [0.2, 0.25) is 0 Å². The SMILES string of the molecule is CCCCN(CCCC)[C@H]1C(O)O[C@H](CO)[C@@H](O)[C@@H]1O. The second kappa shape index (κ2) is 8.92. The number of aliphatic hydroxyl groups excluding tert-OH is 4. The van der Waals surface area contributed by atoms with E-state index >= 15 is 0 Å². The van der Waals surface area contributed by atoms with Crippen LogP contribution in [0.5, 0.6) is 0 Å². The fraction of sp³-hybridized carbons (Fsp3) is 1.00. The van der Waals surface area contributed by atoms with Gasteiger partial charge in [-0.05, 0) is 25.9 Å². The second-order valence-electron chi connectivity index (χ2n) is 5.46. The fourth-order valence-electron chi connectivity index (χ4n) is 2.61. The Morgan fingerprint density at radius 1 is 0.950 bits per heavy atom. The summed E-state index contributed by atoms with van der Waals surface area (Å²) in [6, 6.07) is -0.647. The minimum absolute atomic E-state index is 0.425. The Morgan fingerprint density at radius 3 is 1.95 bits per heavy atom. The lowest BCUT2D eigenvalue weighted by Gasteiger charge is -2.45. The van der Waals surface area contributed by atoms with E-state index in [-0.39, 0.29) is 0 Å². The standard InChI is InChI=1S/C14H29NO5/c1-3-5-7-15(8-6-4-2)11-13(18)12(17)10(9-16)20-14(11)19/h10-14,16-19H,3-9H2,1-2H3/t10-,11-,12-,13-,14?/m1/s1. The molecule has 0 aromatic rings. The lowest BCUT2D eigenvalue weighted by Crippen LogP contribution is -2.64. The van der Waals surface area contributed by atoms with E-state index in [0.29, 0.717) is 0 Å². The third-order valence-corrected chi connectivity index (χ3v) is 3.89. The van der Waals surface area contributed by atoms with E-state index in [1.165, 1.54) is 0 Å². The largest absolute Gasteiger partial charge is 0.394 e. The lowest BCUT2D eigenvalue weighted by atomic mass is 9.95. The second-order valence-corrected chi connectivity index (χ2v) is 5.46. The van der Waals surface area contributed by atoms with Gasteiger partial charge in [-0.1, -0.05) is 26.7 Å². The molecule has 0 bridgehead atoms. The Balaban J connectivity index is 2.76. The van der Waals surface area contributed by atoms with Gasteiger partial charge in [0.05, 0.1) is 12.6 Å². The van der Waals surface area contributed by atoms with E-state index in [9.17, 15) is 15.3 Å². The van der Waals surface area contributed by atoms with Gasteiger partial charge in [0.15, 0.2) is 6.29 Å². The van der Waals surface area contributed by atoms with E-state index < -0.39 is 37.3 Å². The van der Waals surface area contributed by atoms with E-state index in [1.54, 1.807) is 0 Å². The van der Waals surface area contributed by atoms with E-state index in [1.807, 2.05) is 4.90 Å². The van der Waals surface area contributed by atoms with Gasteiger partial charge in [0, 0.05) is 0 Å². The predicted molar refractivity (Wildman–Crippen MR) is 75.2 cm³/mol. The molecule has 120 valence electrons. The quantitative estimate of drug-likeness (QED) is 0.490. The summed E-state index contributed by atoms with van der Waals surface area (Å²) in [6.45, 7) is 5.23. The summed E-state index contributed by atoms with van der Waals surface area (Å²) in [5.41, 5.74) is 0. The van der Waals surface area contributed by atoms with Crippen LogP contribution in [-0.2, 0) is 4.74 Å². The molecule has 0 amide bonds. The molecular weight excluding hydrogens is 262 g/mol. The molecule has 5 atom stereocenters. The predicted octanol–water partition coefficient (Wildman–Crippen LogP) is -0.312. The van der Waals surface area contributed by atoms with Crippen LogP contribution in [0.25, 0.3) is 0 Å². The van der Waals surface area contributed by atoms with Crippen LogP contribution < -0.4 is 0 Å². The highest BCUT2D eigenvalue weighted by atomic mass is 16.6. The monoisotopic (exact) mass is 291 g/mol. The van der Waals surface area contributed by atoms with Crippen LogP contribution in [0.3, 0.4) is 0 Å². The zero-order valence-electron chi connectivity index (χ0n) is 12.5. The highest BCUT2D eigenvalue weighted by molar-refractivity contribution is 4.94. The molecule has 0 spiro atoms. The first kappa shape index (κ1) is 17.8. The summed E-state index contributed by atoms with van der Waals surface area (Å²) in [6.07, 6.45) is -0.481. The number of hydrogen-bond donors (Lipinski definition) is 4. The molecule has 0 aromatic carbocycles. The molecule has 0 radical (unpaired) electrons. The first-order valence-corrected chi connectivity index (χ1v) is 7.61. The van der Waals surface area contributed by atoms with Crippen molar-refractivity contribution in [1.29, 1.82) is 0 Å². The molecule has 20 heavy (non-hydrogen) atoms. The van der Waals surface area contributed by atoms with E-state index in [4.69, 9.17) is 9.84 Å². The normalized spacial score (nSPS) is 34.6. The highest BCUT2D eigenvalue weighted by Crippen LogP contribution is 2.24. The van der Waals surface area contributed by atoms with Gasteiger partial charge in [-0.15, -0.1) is 0 Å². The molecule has 1 aliphatic heterocycles. The maximum atomic E-state index is 10.2. The van der Waals surface area contributed by atoms with Crippen LogP contribution in [-0.4, -0.2) is 75.7 Å². The van der Waals surface area contributed by atoms with Crippen molar-refractivity contribution in [2.24, 2.45) is 0 Å². The maximum Gasteiger partial charge on any atom is 0.173 e. The van der Waals surface area contributed by atoms with Crippen molar-refractivity contribution in [2.75, 3.05) is 19.7 Å². The molecule has 1 saturated heterocycles. The molecule has 1 aliphatic rings. The minimum Gasteiger partial charge on any atom is -0.394 e. The molecule has 1 unspecified atom stereocenters. The minimum atomic E-state index is -1.20. The number of rotatable bonds is 8. The van der Waals surface area contributed by atoms with Crippen LogP contribution in [0, 0.1) is 0 Å². The Kier molecular flexibility index (Phi) is 7.94. The maximum absolute atomic E-state index is 10.2. The Morgan fingerprint density at radius 2 is 1.50 bits per heavy atom. The van der Waals surface area contributed by atoms with Crippen molar-refractivity contribution in [3.05, 3.63) is 0 Å². The third kappa shape index (κ3) is 4.38. The topological polar surface area (TPSA) is 93.4 Å². The summed E-state index contributed by atoms with van der Waals surface area (Å²) >= 11 is 0. The van der Waals surface area contributed by atoms with Gasteiger partial charge in [0.1, 0.15) is 18.3 Å². The molecule has 0 saturated carbocycles. The number of unbranched alkanes of at least 4 members (excludes halogenated alkanes) is 2. The number of ether oxygens (including phenoxy) is 1. The third-order valence-electron chi connectivity index (χ3n) is 3.89. The molecule has 6 nitrogen and oxygen atoms in total. The van der Waals surface area contributed by atoms with Crippen molar-refractivity contribution >= 4 is 0 Å². The lowest BCUT2D eigenvalue weighted by molar-refractivity contribution is -0.272.